The predicted molar refractivity (Wildman–Crippen MR) is 117 cm³/mol. The number of carbonyl (C=O) groups is 1. The van der Waals surface area contributed by atoms with E-state index < -0.39 is 16.1 Å². The number of nitrogens with one attached hydrogen (secondary N) is 1. The van der Waals surface area contributed by atoms with Crippen LogP contribution in [-0.2, 0) is 21.4 Å². The minimum absolute atomic E-state index is 0.0922. The van der Waals surface area contributed by atoms with Crippen molar-refractivity contribution in [3.05, 3.63) is 59.7 Å². The summed E-state index contributed by atoms with van der Waals surface area (Å²) in [7, 11) is -3.63. The number of carbonyl (C=O) groups excluding carboxylic acids is 1. The number of sulfonamides is 1. The molecule has 158 valence electrons. The van der Waals surface area contributed by atoms with E-state index >= 15 is 0 Å². The van der Waals surface area contributed by atoms with E-state index in [0.29, 0.717) is 18.7 Å². The molecule has 0 saturated heterocycles. The van der Waals surface area contributed by atoms with Gasteiger partial charge in [-0.25, -0.2) is 8.42 Å². The summed E-state index contributed by atoms with van der Waals surface area (Å²) in [5.41, 5.74) is 2.41. The van der Waals surface area contributed by atoms with E-state index in [1.807, 2.05) is 57.2 Å². The number of hydrogen-bond donors (Lipinski definition) is 1. The lowest BCUT2D eigenvalue weighted by molar-refractivity contribution is -0.122. The van der Waals surface area contributed by atoms with Crippen molar-refractivity contribution >= 4 is 21.6 Å². The fourth-order valence-electron chi connectivity index (χ4n) is 3.02. The van der Waals surface area contributed by atoms with E-state index in [1.165, 1.54) is 4.31 Å². The number of ether oxygens (including phenoxy) is 1. The average molecular weight is 419 g/mol. The van der Waals surface area contributed by atoms with E-state index in [2.05, 4.69) is 5.32 Å². The standard InChI is InChI=1S/C22H30N2O4S/c1-6-21(24(29(5,26)27)19-11-7-17(4)8-12-19)22(25)23-15-18-9-13-20(14-10-18)28-16(2)3/h7-14,16,21H,6,15H2,1-5H3,(H,23,25)/t21-/m0/s1. The van der Waals surface area contributed by atoms with Gasteiger partial charge in [0.1, 0.15) is 11.8 Å². The van der Waals surface area contributed by atoms with Crippen LogP contribution in [0.2, 0.25) is 0 Å². The Kier molecular flexibility index (Phi) is 7.67. The van der Waals surface area contributed by atoms with E-state index in [1.54, 1.807) is 19.1 Å². The monoisotopic (exact) mass is 418 g/mol. The number of hydrogen-bond acceptors (Lipinski definition) is 4. The van der Waals surface area contributed by atoms with Crippen LogP contribution < -0.4 is 14.4 Å². The Labute approximate surface area is 173 Å². The molecule has 0 saturated carbocycles. The highest BCUT2D eigenvalue weighted by Crippen LogP contribution is 2.23. The van der Waals surface area contributed by atoms with Crippen LogP contribution in [0.4, 0.5) is 5.69 Å². The molecule has 0 aliphatic carbocycles. The molecule has 1 amide bonds. The zero-order valence-electron chi connectivity index (χ0n) is 17.7. The highest BCUT2D eigenvalue weighted by atomic mass is 32.2. The number of benzene rings is 2. The molecule has 29 heavy (non-hydrogen) atoms. The Hall–Kier alpha value is -2.54. The van der Waals surface area contributed by atoms with Crippen LogP contribution in [-0.4, -0.2) is 32.7 Å². The number of nitrogens with zero attached hydrogens (tertiary/aromatic N) is 1. The van der Waals surface area contributed by atoms with Crippen LogP contribution >= 0.6 is 0 Å². The number of aryl methyl sites for hydroxylation is 1. The molecule has 1 atom stereocenters. The van der Waals surface area contributed by atoms with Crippen molar-refractivity contribution in [3.63, 3.8) is 0 Å². The molecular formula is C22H30N2O4S. The molecule has 0 fully saturated rings. The van der Waals surface area contributed by atoms with E-state index in [0.717, 1.165) is 23.1 Å². The minimum atomic E-state index is -3.63. The molecule has 0 heterocycles. The maximum atomic E-state index is 12.8. The van der Waals surface area contributed by atoms with Crippen LogP contribution in [0.5, 0.6) is 5.75 Å². The molecule has 2 rings (SSSR count). The van der Waals surface area contributed by atoms with Gasteiger partial charge in [0.25, 0.3) is 0 Å². The molecule has 0 radical (unpaired) electrons. The Morgan fingerprint density at radius 1 is 1.07 bits per heavy atom. The van der Waals surface area contributed by atoms with Crippen LogP contribution in [0, 0.1) is 6.92 Å². The molecular weight excluding hydrogens is 388 g/mol. The van der Waals surface area contributed by atoms with Crippen molar-refractivity contribution in [1.29, 1.82) is 0 Å². The van der Waals surface area contributed by atoms with Crippen molar-refractivity contribution in [2.24, 2.45) is 0 Å². The highest BCUT2D eigenvalue weighted by Gasteiger charge is 2.31. The second-order valence-electron chi connectivity index (χ2n) is 7.35. The SMILES string of the molecule is CC[C@@H](C(=O)NCc1ccc(OC(C)C)cc1)N(c1ccc(C)cc1)S(C)(=O)=O. The first kappa shape index (κ1) is 22.7. The fourth-order valence-corrected chi connectivity index (χ4v) is 4.23. The van der Waals surface area contributed by atoms with Gasteiger partial charge in [0.2, 0.25) is 15.9 Å². The predicted octanol–water partition coefficient (Wildman–Crippen LogP) is 3.64. The summed E-state index contributed by atoms with van der Waals surface area (Å²) in [4.78, 5) is 12.8. The van der Waals surface area contributed by atoms with E-state index in [-0.39, 0.29) is 12.0 Å². The van der Waals surface area contributed by atoms with Gasteiger partial charge < -0.3 is 10.1 Å². The molecule has 0 unspecified atom stereocenters. The molecule has 1 N–H and O–H groups in total. The molecule has 2 aromatic rings. The fraction of sp³-hybridized carbons (Fsp3) is 0.409. The van der Waals surface area contributed by atoms with E-state index in [4.69, 9.17) is 4.74 Å². The Morgan fingerprint density at radius 2 is 1.66 bits per heavy atom. The van der Waals surface area contributed by atoms with Crippen LogP contribution in [0.3, 0.4) is 0 Å². The van der Waals surface area contributed by atoms with E-state index in [9.17, 15) is 13.2 Å². The van der Waals surface area contributed by atoms with Crippen molar-refractivity contribution < 1.29 is 17.9 Å². The number of rotatable bonds is 9. The quantitative estimate of drug-likeness (QED) is 0.675. The zero-order chi connectivity index (χ0) is 21.6. The summed E-state index contributed by atoms with van der Waals surface area (Å²) < 4.78 is 31.7. The largest absolute Gasteiger partial charge is 0.491 e. The van der Waals surface area contributed by atoms with Crippen molar-refractivity contribution in [3.8, 4) is 5.75 Å². The normalized spacial score (nSPS) is 12.5. The minimum Gasteiger partial charge on any atom is -0.491 e. The highest BCUT2D eigenvalue weighted by molar-refractivity contribution is 7.92. The Bertz CT molecular complexity index is 907. The molecule has 7 heteroatoms. The third-order valence-corrected chi connectivity index (χ3v) is 5.56. The van der Waals surface area contributed by atoms with Crippen molar-refractivity contribution in [2.45, 2.75) is 52.8 Å². The second-order valence-corrected chi connectivity index (χ2v) is 9.21. The third kappa shape index (κ3) is 6.49. The maximum Gasteiger partial charge on any atom is 0.244 e. The smallest absolute Gasteiger partial charge is 0.244 e. The van der Waals surface area contributed by atoms with Crippen molar-refractivity contribution in [1.82, 2.24) is 5.32 Å². The van der Waals surface area contributed by atoms with Gasteiger partial charge in [-0.1, -0.05) is 36.8 Å². The summed E-state index contributed by atoms with van der Waals surface area (Å²) in [5.74, 6) is 0.435. The van der Waals surface area contributed by atoms with Crippen LogP contribution in [0.1, 0.15) is 38.3 Å². The summed E-state index contributed by atoms with van der Waals surface area (Å²) in [6, 6.07) is 13.8. The van der Waals surface area contributed by atoms with Gasteiger partial charge in [-0.2, -0.15) is 0 Å². The lowest BCUT2D eigenvalue weighted by Crippen LogP contribution is -2.49. The summed E-state index contributed by atoms with van der Waals surface area (Å²) in [5, 5.41) is 2.86. The number of amides is 1. The molecule has 0 aliphatic heterocycles. The van der Waals surface area contributed by atoms with Gasteiger partial charge in [0.15, 0.2) is 0 Å². The molecule has 0 spiro atoms. The lowest BCUT2D eigenvalue weighted by atomic mass is 10.1. The van der Waals surface area contributed by atoms with Gasteiger partial charge in [-0.3, -0.25) is 9.10 Å². The maximum absolute atomic E-state index is 12.8. The topological polar surface area (TPSA) is 75.7 Å². The van der Waals surface area contributed by atoms with Gasteiger partial charge in [-0.15, -0.1) is 0 Å². The first-order valence-corrected chi connectivity index (χ1v) is 11.6. The zero-order valence-corrected chi connectivity index (χ0v) is 18.5. The van der Waals surface area contributed by atoms with Gasteiger partial charge in [-0.05, 0) is 57.0 Å². The summed E-state index contributed by atoms with van der Waals surface area (Å²) in [6.45, 7) is 7.95. The average Bonchev–Trinajstić information content (AvgIpc) is 2.65. The lowest BCUT2D eigenvalue weighted by Gasteiger charge is -2.30. The molecule has 0 aromatic heterocycles. The summed E-state index contributed by atoms with van der Waals surface area (Å²) in [6.07, 6.45) is 1.57. The molecule has 0 aliphatic rings. The van der Waals surface area contributed by atoms with Crippen LogP contribution in [0.25, 0.3) is 0 Å². The first-order chi connectivity index (χ1) is 13.6. The Balaban J connectivity index is 2.14. The molecule has 2 aromatic carbocycles. The van der Waals surface area contributed by atoms with Gasteiger partial charge in [0.05, 0.1) is 18.0 Å². The van der Waals surface area contributed by atoms with Crippen molar-refractivity contribution in [2.75, 3.05) is 10.6 Å². The third-order valence-electron chi connectivity index (χ3n) is 4.38. The Morgan fingerprint density at radius 3 is 2.14 bits per heavy atom. The van der Waals surface area contributed by atoms with Gasteiger partial charge in [0, 0.05) is 6.54 Å². The summed E-state index contributed by atoms with van der Waals surface area (Å²) >= 11 is 0. The van der Waals surface area contributed by atoms with Gasteiger partial charge >= 0.3 is 0 Å². The molecule has 6 nitrogen and oxygen atoms in total. The number of anilines is 1. The molecule has 0 bridgehead atoms. The first-order valence-electron chi connectivity index (χ1n) is 9.71. The second kappa shape index (κ2) is 9.78. The van der Waals surface area contributed by atoms with Crippen LogP contribution in [0.15, 0.2) is 48.5 Å².